The molecule has 1 N–H and O–H groups in total. The maximum Gasteiger partial charge on any atom is 0.334 e. The second kappa shape index (κ2) is 2.34. The minimum Gasteiger partial charge on any atom is -0.283 e. The Bertz CT molecular complexity index is 360. The molecule has 59 valence electrons. The Balaban J connectivity index is 2.56. The summed E-state index contributed by atoms with van der Waals surface area (Å²) in [5.74, 6) is -1.29. The summed E-state index contributed by atoms with van der Waals surface area (Å²) in [6, 6.07) is 6.77. The van der Waals surface area contributed by atoms with Crippen LogP contribution in [-0.4, -0.2) is 11.7 Å². The molecule has 2 rings (SSSR count). The average molecular weight is 161 g/mol. The summed E-state index contributed by atoms with van der Waals surface area (Å²) in [4.78, 5) is 21.9. The van der Waals surface area contributed by atoms with E-state index in [1.807, 2.05) is 0 Å². The van der Waals surface area contributed by atoms with E-state index in [-0.39, 0.29) is 0 Å². The molecule has 1 amide bonds. The molecule has 0 aromatic heterocycles. The first kappa shape index (κ1) is 6.84. The third-order valence-corrected chi connectivity index (χ3v) is 1.64. The lowest BCUT2D eigenvalue weighted by atomic mass is 10.1. The number of rotatable bonds is 0. The highest BCUT2D eigenvalue weighted by atomic mass is 16.2. The Morgan fingerprint density at radius 1 is 1.17 bits per heavy atom. The van der Waals surface area contributed by atoms with E-state index in [9.17, 15) is 9.59 Å². The van der Waals surface area contributed by atoms with Crippen molar-refractivity contribution in [2.24, 2.45) is 0 Å². The van der Waals surface area contributed by atoms with E-state index < -0.39 is 11.7 Å². The number of nitrogens with one attached hydrogen (secondary N) is 1. The van der Waals surface area contributed by atoms with Crippen molar-refractivity contribution in [2.45, 2.75) is 0 Å². The van der Waals surface area contributed by atoms with Crippen molar-refractivity contribution < 1.29 is 9.59 Å². The SMILES string of the molecule is O=C1[N]Nc2ccccc2C1=O. The summed E-state index contributed by atoms with van der Waals surface area (Å²) < 4.78 is 0. The van der Waals surface area contributed by atoms with Gasteiger partial charge in [-0.1, -0.05) is 12.1 Å². The molecule has 1 aromatic rings. The number of hydrogen-bond donors (Lipinski definition) is 1. The van der Waals surface area contributed by atoms with Gasteiger partial charge in [0, 0.05) is 0 Å². The van der Waals surface area contributed by atoms with Crippen molar-refractivity contribution in [3.63, 3.8) is 0 Å². The third kappa shape index (κ3) is 0.852. The van der Waals surface area contributed by atoms with Crippen molar-refractivity contribution in [3.05, 3.63) is 29.8 Å². The van der Waals surface area contributed by atoms with E-state index in [1.165, 1.54) is 0 Å². The summed E-state index contributed by atoms with van der Waals surface area (Å²) in [5, 5.41) is 0. The van der Waals surface area contributed by atoms with Crippen molar-refractivity contribution in [3.8, 4) is 0 Å². The standard InChI is InChI=1S/C8H5N2O2/c11-7-5-3-1-2-4-6(5)9-10-8(7)12/h1-4,9H. The maximum absolute atomic E-state index is 11.1. The highest BCUT2D eigenvalue weighted by molar-refractivity contribution is 6.45. The number of Topliss-reactive ketones (excluding diaryl/α,β-unsaturated/α-hetero) is 1. The monoisotopic (exact) mass is 161 g/mol. The molecule has 1 aromatic carbocycles. The molecule has 12 heavy (non-hydrogen) atoms. The fourth-order valence-corrected chi connectivity index (χ4v) is 1.06. The minimum absolute atomic E-state index is 0.387. The summed E-state index contributed by atoms with van der Waals surface area (Å²) in [6.07, 6.45) is 0. The van der Waals surface area contributed by atoms with Crippen LogP contribution in [-0.2, 0) is 4.79 Å². The highest BCUT2D eigenvalue weighted by Gasteiger charge is 2.25. The van der Waals surface area contributed by atoms with E-state index in [0.29, 0.717) is 11.3 Å². The van der Waals surface area contributed by atoms with Crippen LogP contribution in [0.15, 0.2) is 24.3 Å². The molecule has 0 saturated heterocycles. The van der Waals surface area contributed by atoms with Gasteiger partial charge in [-0.05, 0) is 12.1 Å². The first-order valence-electron chi connectivity index (χ1n) is 3.43. The van der Waals surface area contributed by atoms with Crippen LogP contribution in [0, 0.1) is 0 Å². The third-order valence-electron chi connectivity index (χ3n) is 1.64. The Morgan fingerprint density at radius 3 is 2.75 bits per heavy atom. The molecule has 0 bridgehead atoms. The summed E-state index contributed by atoms with van der Waals surface area (Å²) in [7, 11) is 0. The lowest BCUT2D eigenvalue weighted by molar-refractivity contribution is -0.117. The number of nitrogens with zero attached hydrogens (tertiary/aromatic N) is 1. The number of fused-ring (bicyclic) bond motifs is 1. The van der Waals surface area contributed by atoms with E-state index in [0.717, 1.165) is 0 Å². The number of amides is 1. The quantitative estimate of drug-likeness (QED) is 0.558. The number of hydrogen-bond acceptors (Lipinski definition) is 3. The van der Waals surface area contributed by atoms with Crippen LogP contribution in [0.1, 0.15) is 10.4 Å². The van der Waals surface area contributed by atoms with Crippen LogP contribution in [0.4, 0.5) is 5.69 Å². The van der Waals surface area contributed by atoms with E-state index in [4.69, 9.17) is 0 Å². The smallest absolute Gasteiger partial charge is 0.283 e. The van der Waals surface area contributed by atoms with Gasteiger partial charge in [0.15, 0.2) is 0 Å². The molecule has 1 aliphatic heterocycles. The molecular formula is C8H5N2O2. The molecule has 0 unspecified atom stereocenters. The van der Waals surface area contributed by atoms with Gasteiger partial charge >= 0.3 is 5.91 Å². The van der Waals surface area contributed by atoms with Crippen LogP contribution < -0.4 is 10.9 Å². The molecule has 0 saturated carbocycles. The molecule has 0 atom stereocenters. The molecule has 4 nitrogen and oxygen atoms in total. The fourth-order valence-electron chi connectivity index (χ4n) is 1.06. The Kier molecular flexibility index (Phi) is 1.33. The second-order valence-electron chi connectivity index (χ2n) is 2.40. The topological polar surface area (TPSA) is 60.3 Å². The van der Waals surface area contributed by atoms with Crippen molar-refractivity contribution in [1.82, 2.24) is 5.43 Å². The van der Waals surface area contributed by atoms with Gasteiger partial charge in [-0.3, -0.25) is 15.0 Å². The number of carbonyl (C=O) groups is 2. The first-order valence-corrected chi connectivity index (χ1v) is 3.43. The molecule has 1 aliphatic rings. The van der Waals surface area contributed by atoms with Crippen molar-refractivity contribution in [1.29, 1.82) is 0 Å². The number of para-hydroxylation sites is 1. The minimum atomic E-state index is -0.742. The zero-order valence-electron chi connectivity index (χ0n) is 6.07. The van der Waals surface area contributed by atoms with Gasteiger partial charge in [0.1, 0.15) is 0 Å². The number of benzene rings is 1. The van der Waals surface area contributed by atoms with Gasteiger partial charge in [-0.25, -0.2) is 0 Å². The number of anilines is 1. The predicted molar refractivity (Wildman–Crippen MR) is 41.5 cm³/mol. The second-order valence-corrected chi connectivity index (χ2v) is 2.40. The van der Waals surface area contributed by atoms with Crippen LogP contribution in [0.5, 0.6) is 0 Å². The van der Waals surface area contributed by atoms with Crippen molar-refractivity contribution in [2.75, 3.05) is 5.43 Å². The van der Waals surface area contributed by atoms with E-state index >= 15 is 0 Å². The van der Waals surface area contributed by atoms with Crippen LogP contribution in [0.2, 0.25) is 0 Å². The largest absolute Gasteiger partial charge is 0.334 e. The molecule has 1 heterocycles. The summed E-state index contributed by atoms with van der Waals surface area (Å²) in [5.41, 5.74) is 6.78. The summed E-state index contributed by atoms with van der Waals surface area (Å²) in [6.45, 7) is 0. The maximum atomic E-state index is 11.1. The Labute approximate surface area is 68.5 Å². The lowest BCUT2D eigenvalue weighted by Crippen LogP contribution is -2.34. The molecule has 0 fully saturated rings. The fraction of sp³-hybridized carbons (Fsp3) is 0. The normalized spacial score (nSPS) is 14.7. The zero-order valence-corrected chi connectivity index (χ0v) is 6.07. The molecular weight excluding hydrogens is 156 g/mol. The average Bonchev–Trinajstić information content (AvgIpc) is 2.12. The van der Waals surface area contributed by atoms with Crippen LogP contribution in [0.3, 0.4) is 0 Å². The Hall–Kier alpha value is -1.84. The highest BCUT2D eigenvalue weighted by Crippen LogP contribution is 2.17. The van der Waals surface area contributed by atoms with Gasteiger partial charge in [0.05, 0.1) is 11.3 Å². The van der Waals surface area contributed by atoms with Gasteiger partial charge in [-0.2, -0.15) is 0 Å². The van der Waals surface area contributed by atoms with Crippen LogP contribution in [0.25, 0.3) is 0 Å². The number of ketones is 1. The van der Waals surface area contributed by atoms with Crippen molar-refractivity contribution >= 4 is 17.4 Å². The van der Waals surface area contributed by atoms with Gasteiger partial charge < -0.3 is 0 Å². The lowest BCUT2D eigenvalue weighted by Gasteiger charge is -2.13. The molecule has 4 heteroatoms. The predicted octanol–water partition coefficient (Wildman–Crippen LogP) is 0.341. The first-order chi connectivity index (χ1) is 5.79. The van der Waals surface area contributed by atoms with Gasteiger partial charge in [-0.15, -0.1) is 5.43 Å². The molecule has 0 spiro atoms. The number of carbonyl (C=O) groups excluding carboxylic acids is 2. The molecule has 1 radical (unpaired) electrons. The van der Waals surface area contributed by atoms with E-state index in [2.05, 4.69) is 10.9 Å². The molecule has 0 aliphatic carbocycles. The van der Waals surface area contributed by atoms with Crippen LogP contribution >= 0.6 is 0 Å². The summed E-state index contributed by atoms with van der Waals surface area (Å²) >= 11 is 0. The van der Waals surface area contributed by atoms with Gasteiger partial charge in [0.2, 0.25) is 0 Å². The Morgan fingerprint density at radius 2 is 1.92 bits per heavy atom. The van der Waals surface area contributed by atoms with Gasteiger partial charge in [0.25, 0.3) is 5.78 Å². The van der Waals surface area contributed by atoms with E-state index in [1.54, 1.807) is 24.3 Å². The zero-order chi connectivity index (χ0) is 8.55.